The van der Waals surface area contributed by atoms with Crippen molar-refractivity contribution in [2.24, 2.45) is 23.7 Å². The lowest BCUT2D eigenvalue weighted by Gasteiger charge is -2.34. The number of ether oxygens (including phenoxy) is 3. The number of carbonyl (C=O) groups excluding carboxylic acids is 1. The van der Waals surface area contributed by atoms with Gasteiger partial charge >= 0.3 is 12.1 Å². The molecule has 1 heterocycles. The first kappa shape index (κ1) is 43.7. The summed E-state index contributed by atoms with van der Waals surface area (Å²) in [6.07, 6.45) is 2.35. The summed E-state index contributed by atoms with van der Waals surface area (Å²) in [4.78, 5) is 27.5. The topological polar surface area (TPSA) is 129 Å². The molecule has 0 radical (unpaired) electrons. The summed E-state index contributed by atoms with van der Waals surface area (Å²) in [5, 5.41) is 28.6. The molecule has 0 aliphatic carbocycles. The largest absolute Gasteiger partial charge is 0.508 e. The molecule has 1 fully saturated rings. The van der Waals surface area contributed by atoms with Crippen LogP contribution in [0.5, 0.6) is 0 Å². The molecule has 43 heavy (non-hydrogen) atoms. The Kier molecular flexibility index (Phi) is 24.2. The second-order valence-electron chi connectivity index (χ2n) is 12.7. The van der Waals surface area contributed by atoms with Gasteiger partial charge in [0.25, 0.3) is 6.29 Å². The second kappa shape index (κ2) is 23.9. The van der Waals surface area contributed by atoms with Crippen molar-refractivity contribution >= 4 is 12.1 Å². The van der Waals surface area contributed by atoms with E-state index >= 15 is 0 Å². The molecular formula is C33H68N2O8. The van der Waals surface area contributed by atoms with E-state index in [4.69, 9.17) is 14.6 Å². The highest BCUT2D eigenvalue weighted by Gasteiger charge is 2.31. The highest BCUT2D eigenvalue weighted by Crippen LogP contribution is 2.26. The van der Waals surface area contributed by atoms with Gasteiger partial charge in [0.05, 0.1) is 18.1 Å². The van der Waals surface area contributed by atoms with E-state index in [0.29, 0.717) is 23.9 Å². The van der Waals surface area contributed by atoms with Crippen molar-refractivity contribution in [2.75, 3.05) is 27.7 Å². The molecule has 0 aromatic carbocycles. The molecule has 1 saturated heterocycles. The van der Waals surface area contributed by atoms with Gasteiger partial charge in [0.1, 0.15) is 0 Å². The van der Waals surface area contributed by atoms with Crippen LogP contribution < -0.4 is 0 Å². The van der Waals surface area contributed by atoms with E-state index in [9.17, 15) is 19.8 Å². The Bertz CT molecular complexity index is 715. The average Bonchev–Trinajstić information content (AvgIpc) is 2.92. The number of nitrogens with zero attached hydrogens (tertiary/aromatic N) is 2. The third-order valence-electron chi connectivity index (χ3n) is 8.13. The fourth-order valence-corrected chi connectivity index (χ4v) is 5.57. The Morgan fingerprint density at radius 3 is 2.00 bits per heavy atom. The van der Waals surface area contributed by atoms with Crippen LogP contribution in [-0.4, -0.2) is 102 Å². The summed E-state index contributed by atoms with van der Waals surface area (Å²) >= 11 is 0. The Labute approximate surface area is 263 Å². The zero-order chi connectivity index (χ0) is 33.9. The highest BCUT2D eigenvalue weighted by atomic mass is 16.8. The number of esters is 1. The zero-order valence-corrected chi connectivity index (χ0v) is 29.7. The lowest BCUT2D eigenvalue weighted by Crippen LogP contribution is -2.41. The van der Waals surface area contributed by atoms with Crippen LogP contribution in [-0.2, 0) is 19.0 Å². The maximum atomic E-state index is 12.3. The van der Waals surface area contributed by atoms with E-state index < -0.39 is 36.7 Å². The van der Waals surface area contributed by atoms with Crippen molar-refractivity contribution in [3.63, 3.8) is 0 Å². The molecular weight excluding hydrogens is 552 g/mol. The molecule has 0 amide bonds. The van der Waals surface area contributed by atoms with Crippen LogP contribution in [0.3, 0.4) is 0 Å². The minimum absolute atomic E-state index is 0.0838. The van der Waals surface area contributed by atoms with Crippen LogP contribution in [0.1, 0.15) is 114 Å². The lowest BCUT2D eigenvalue weighted by atomic mass is 9.84. The number of hydrogen-bond acceptors (Lipinski definition) is 9. The van der Waals surface area contributed by atoms with E-state index in [2.05, 4.69) is 49.3 Å². The molecule has 10 nitrogen and oxygen atoms in total. The summed E-state index contributed by atoms with van der Waals surface area (Å²) in [5.74, 6) is -0.403. The molecule has 0 saturated carbocycles. The summed E-state index contributed by atoms with van der Waals surface area (Å²) in [6.45, 7) is 21.2. The number of aliphatic hydroxyl groups excluding tert-OH is 2. The first-order valence-electron chi connectivity index (χ1n) is 16.5. The first-order valence-corrected chi connectivity index (χ1v) is 16.5. The summed E-state index contributed by atoms with van der Waals surface area (Å²) in [6, 6.07) is 0.915. The standard InChI is InChI=1S/C23H45NO6.C8H17NO2.C2H6/c1-9-11-15(3)14-24(8)18(6)13-16(4)12-17(5)21(25)19(7)22(26)29-20(10-2)30-23(27)28;1-6-4-7(9(2)3)5-8(10)11-6;1-2/h15-21,25H,9-14H2,1-8H3,(H,27,28);6-8,10H,4-5H2,1-3H3;1-2H3/t15-,16?,17?,18-,19?,20?,21?;;/m1../s1. The van der Waals surface area contributed by atoms with Gasteiger partial charge in [0.2, 0.25) is 0 Å². The van der Waals surface area contributed by atoms with E-state index in [1.165, 1.54) is 12.8 Å². The maximum Gasteiger partial charge on any atom is 0.508 e. The fraction of sp³-hybridized carbons (Fsp3) is 0.939. The van der Waals surface area contributed by atoms with E-state index in [0.717, 1.165) is 32.2 Å². The Balaban J connectivity index is 0. The van der Waals surface area contributed by atoms with Gasteiger partial charge in [-0.2, -0.15) is 0 Å². The molecule has 10 atom stereocenters. The quantitative estimate of drug-likeness (QED) is 0.135. The van der Waals surface area contributed by atoms with Crippen LogP contribution in [0, 0.1) is 23.7 Å². The molecule has 1 aliphatic rings. The van der Waals surface area contributed by atoms with Crippen molar-refractivity contribution in [1.82, 2.24) is 9.80 Å². The molecule has 8 unspecified atom stereocenters. The van der Waals surface area contributed by atoms with Gasteiger partial charge < -0.3 is 39.3 Å². The lowest BCUT2D eigenvalue weighted by molar-refractivity contribution is -0.179. The number of hydrogen-bond donors (Lipinski definition) is 3. The monoisotopic (exact) mass is 620 g/mol. The summed E-state index contributed by atoms with van der Waals surface area (Å²) in [5.41, 5.74) is 0. The van der Waals surface area contributed by atoms with Crippen molar-refractivity contribution in [2.45, 2.75) is 151 Å². The number of carbonyl (C=O) groups is 2. The molecule has 0 aromatic rings. The molecule has 1 aliphatic heterocycles. The van der Waals surface area contributed by atoms with E-state index in [1.807, 2.05) is 41.8 Å². The van der Waals surface area contributed by atoms with Crippen LogP contribution in [0.25, 0.3) is 0 Å². The number of rotatable bonds is 16. The normalized spacial score (nSPS) is 23.3. The van der Waals surface area contributed by atoms with Crippen molar-refractivity contribution in [3.8, 4) is 0 Å². The van der Waals surface area contributed by atoms with E-state index in [-0.39, 0.29) is 18.4 Å². The highest BCUT2D eigenvalue weighted by molar-refractivity contribution is 5.73. The predicted octanol–water partition coefficient (Wildman–Crippen LogP) is 6.23. The molecule has 0 bridgehead atoms. The first-order chi connectivity index (χ1) is 20.0. The van der Waals surface area contributed by atoms with Gasteiger partial charge in [-0.25, -0.2) is 4.79 Å². The zero-order valence-electron chi connectivity index (χ0n) is 29.7. The van der Waals surface area contributed by atoms with Crippen molar-refractivity contribution in [3.05, 3.63) is 0 Å². The van der Waals surface area contributed by atoms with E-state index in [1.54, 1.807) is 13.8 Å². The minimum atomic E-state index is -1.49. The SMILES string of the molecule is CC.CC1CC(N(C)C)CC(O)O1.CCC[C@@H](C)CN(C)[C@H](C)CC(C)CC(C)C(O)C(C)C(=O)OC(CC)OC(=O)O. The van der Waals surface area contributed by atoms with Crippen LogP contribution >= 0.6 is 0 Å². The molecule has 3 N–H and O–H groups in total. The molecule has 10 heteroatoms. The van der Waals surface area contributed by atoms with Crippen LogP contribution in [0.2, 0.25) is 0 Å². The summed E-state index contributed by atoms with van der Waals surface area (Å²) < 4.78 is 14.8. The second-order valence-corrected chi connectivity index (χ2v) is 12.7. The number of carboxylic acid groups (broad SMARTS) is 1. The van der Waals surface area contributed by atoms with Crippen LogP contribution in [0.4, 0.5) is 4.79 Å². The Morgan fingerprint density at radius 1 is 0.953 bits per heavy atom. The number of aliphatic hydroxyl groups is 2. The van der Waals surface area contributed by atoms with Gasteiger partial charge in [-0.1, -0.05) is 54.9 Å². The van der Waals surface area contributed by atoms with Gasteiger partial charge in [-0.05, 0) is 85.4 Å². The van der Waals surface area contributed by atoms with Gasteiger partial charge in [-0.3, -0.25) is 4.79 Å². The molecule has 1 rings (SSSR count). The van der Waals surface area contributed by atoms with Crippen LogP contribution in [0.15, 0.2) is 0 Å². The smallest absolute Gasteiger partial charge is 0.450 e. The van der Waals surface area contributed by atoms with Gasteiger partial charge in [0, 0.05) is 31.5 Å². The third kappa shape index (κ3) is 19.5. The average molecular weight is 621 g/mol. The molecule has 0 aromatic heterocycles. The van der Waals surface area contributed by atoms with Crippen molar-refractivity contribution < 1.29 is 39.1 Å². The van der Waals surface area contributed by atoms with Crippen molar-refractivity contribution in [1.29, 1.82) is 0 Å². The maximum absolute atomic E-state index is 12.3. The molecule has 258 valence electrons. The summed E-state index contributed by atoms with van der Waals surface area (Å²) in [7, 11) is 6.24. The fourth-order valence-electron chi connectivity index (χ4n) is 5.57. The van der Waals surface area contributed by atoms with Gasteiger partial charge in [-0.15, -0.1) is 0 Å². The van der Waals surface area contributed by atoms with Gasteiger partial charge in [0.15, 0.2) is 6.29 Å². The third-order valence-corrected chi connectivity index (χ3v) is 8.13. The Morgan fingerprint density at radius 2 is 1.53 bits per heavy atom. The Hall–Kier alpha value is -1.46. The molecule has 0 spiro atoms. The predicted molar refractivity (Wildman–Crippen MR) is 173 cm³/mol. The minimum Gasteiger partial charge on any atom is -0.450 e.